The number of thiazole rings is 1. The molecule has 8 nitrogen and oxygen atoms in total. The van der Waals surface area contributed by atoms with Crippen molar-refractivity contribution in [2.45, 2.75) is 36.8 Å². The summed E-state index contributed by atoms with van der Waals surface area (Å²) in [4.78, 5) is 33.4. The molecule has 2 aromatic carbocycles. The summed E-state index contributed by atoms with van der Waals surface area (Å²) < 4.78 is 25.3. The van der Waals surface area contributed by atoms with Gasteiger partial charge < -0.3 is 18.6 Å². The van der Waals surface area contributed by atoms with Crippen molar-refractivity contribution in [3.8, 4) is 11.5 Å². The zero-order chi connectivity index (χ0) is 29.1. The van der Waals surface area contributed by atoms with E-state index in [1.165, 1.54) is 27.7 Å². The maximum Gasteiger partial charge on any atom is 0.338 e. The number of fused-ring (bicyclic) bond motifs is 1. The second-order valence-corrected chi connectivity index (χ2v) is 11.8. The number of halogens is 1. The van der Waals surface area contributed by atoms with Gasteiger partial charge in [0.2, 0.25) is 0 Å². The van der Waals surface area contributed by atoms with E-state index in [1.807, 2.05) is 49.4 Å². The van der Waals surface area contributed by atoms with Gasteiger partial charge in [0.05, 0.1) is 42.2 Å². The number of ether oxygens (including phenoxy) is 3. The van der Waals surface area contributed by atoms with Crippen LogP contribution in [0.25, 0.3) is 6.08 Å². The number of furan rings is 1. The first-order valence-corrected chi connectivity index (χ1v) is 15.3. The zero-order valence-corrected chi connectivity index (χ0v) is 26.0. The Bertz CT molecular complexity index is 1810. The molecule has 3 heterocycles. The Balaban J connectivity index is 1.64. The summed E-state index contributed by atoms with van der Waals surface area (Å²) in [7, 11) is 1.54. The van der Waals surface area contributed by atoms with E-state index in [0.717, 1.165) is 4.90 Å². The number of rotatable bonds is 9. The summed E-state index contributed by atoms with van der Waals surface area (Å²) in [6.07, 6.45) is 1.70. The van der Waals surface area contributed by atoms with Gasteiger partial charge in [-0.25, -0.2) is 9.79 Å². The predicted octanol–water partition coefficient (Wildman–Crippen LogP) is 5.71. The average molecular weight is 656 g/mol. The van der Waals surface area contributed by atoms with Gasteiger partial charge in [-0.15, -0.1) is 0 Å². The lowest BCUT2D eigenvalue weighted by atomic mass is 9.95. The van der Waals surface area contributed by atoms with Crippen LogP contribution >= 0.6 is 39.0 Å². The van der Waals surface area contributed by atoms with Crippen LogP contribution in [0.3, 0.4) is 0 Å². The molecule has 4 aromatic rings. The molecule has 0 aliphatic carbocycles. The lowest BCUT2D eigenvalue weighted by molar-refractivity contribution is -0.139. The Labute approximate surface area is 253 Å². The highest BCUT2D eigenvalue weighted by Gasteiger charge is 2.35. The summed E-state index contributed by atoms with van der Waals surface area (Å²) in [5.41, 5.74) is 1.08. The lowest BCUT2D eigenvalue weighted by Gasteiger charge is -2.26. The summed E-state index contributed by atoms with van der Waals surface area (Å²) in [6.45, 7) is 6.00. The van der Waals surface area contributed by atoms with E-state index in [2.05, 4.69) is 20.9 Å². The minimum Gasteiger partial charge on any atom is -0.493 e. The molecule has 0 fully saturated rings. The molecule has 0 radical (unpaired) electrons. The fourth-order valence-electron chi connectivity index (χ4n) is 4.47. The molecular formula is C30H27BrN2O6S2. The standard InChI is InChI=1S/C30H27BrN2O6S2/c1-5-37-23-16-21(31)20(15-22(23)36-4)27-26(29(35)38-6-2)17(3)32-30-33(27)28(34)24(41-30)14-18-12-13-25(39-18)40-19-10-8-7-9-11-19/h7-16,27H,5-6H2,1-4H3/b24-14+/t27-/m0/s1. The summed E-state index contributed by atoms with van der Waals surface area (Å²) >= 11 is 6.37. The second kappa shape index (κ2) is 12.5. The maximum atomic E-state index is 14.0. The number of benzene rings is 2. The topological polar surface area (TPSA) is 92.3 Å². The van der Waals surface area contributed by atoms with Gasteiger partial charge in [-0.1, -0.05) is 57.2 Å². The number of aromatic nitrogens is 1. The van der Waals surface area contributed by atoms with Gasteiger partial charge in [0.1, 0.15) is 5.76 Å². The summed E-state index contributed by atoms with van der Waals surface area (Å²) in [5.74, 6) is 1.01. The average Bonchev–Trinajstić information content (AvgIpc) is 3.52. The quantitative estimate of drug-likeness (QED) is 0.213. The first kappa shape index (κ1) is 29.0. The minimum atomic E-state index is -0.813. The van der Waals surface area contributed by atoms with Crippen molar-refractivity contribution in [1.82, 2.24) is 4.57 Å². The Morgan fingerprint density at radius 1 is 1.15 bits per heavy atom. The molecule has 41 heavy (non-hydrogen) atoms. The maximum absolute atomic E-state index is 14.0. The highest BCUT2D eigenvalue weighted by atomic mass is 79.9. The van der Waals surface area contributed by atoms with Crippen LogP contribution in [-0.2, 0) is 9.53 Å². The number of carbonyl (C=O) groups excluding carboxylic acids is 1. The molecule has 0 unspecified atom stereocenters. The zero-order valence-electron chi connectivity index (χ0n) is 22.8. The molecule has 0 saturated heterocycles. The molecule has 5 rings (SSSR count). The van der Waals surface area contributed by atoms with Crippen molar-refractivity contribution < 1.29 is 23.4 Å². The smallest absolute Gasteiger partial charge is 0.338 e. The van der Waals surface area contributed by atoms with Gasteiger partial charge >= 0.3 is 5.97 Å². The fourth-order valence-corrected chi connectivity index (χ4v) is 6.84. The van der Waals surface area contributed by atoms with Crippen molar-refractivity contribution in [3.05, 3.63) is 101 Å². The van der Waals surface area contributed by atoms with Crippen LogP contribution in [0.15, 0.2) is 94.5 Å². The van der Waals surface area contributed by atoms with E-state index >= 15 is 0 Å². The lowest BCUT2D eigenvalue weighted by Crippen LogP contribution is -2.40. The highest BCUT2D eigenvalue weighted by molar-refractivity contribution is 9.10. The number of methoxy groups -OCH3 is 1. The first-order chi connectivity index (χ1) is 19.8. The molecule has 2 aromatic heterocycles. The van der Waals surface area contributed by atoms with E-state index in [-0.39, 0.29) is 17.7 Å². The Morgan fingerprint density at radius 2 is 1.93 bits per heavy atom. The molecule has 1 atom stereocenters. The molecule has 212 valence electrons. The van der Waals surface area contributed by atoms with Crippen LogP contribution in [0.2, 0.25) is 0 Å². The third-order valence-electron chi connectivity index (χ3n) is 6.23. The van der Waals surface area contributed by atoms with Crippen molar-refractivity contribution >= 4 is 51.1 Å². The number of hydrogen-bond acceptors (Lipinski definition) is 9. The molecule has 11 heteroatoms. The van der Waals surface area contributed by atoms with Crippen molar-refractivity contribution in [3.63, 3.8) is 0 Å². The van der Waals surface area contributed by atoms with Crippen LogP contribution in [-0.4, -0.2) is 30.9 Å². The number of esters is 1. The van der Waals surface area contributed by atoms with Gasteiger partial charge in [0.15, 0.2) is 21.4 Å². The fraction of sp³-hybridized carbons (Fsp3) is 0.233. The van der Waals surface area contributed by atoms with E-state index in [1.54, 1.807) is 39.2 Å². The number of nitrogens with zero attached hydrogens (tertiary/aromatic N) is 2. The van der Waals surface area contributed by atoms with E-state index in [9.17, 15) is 9.59 Å². The SMILES string of the molecule is CCOC(=O)C1=C(C)N=c2s/c(=C/c3ccc(Sc4ccccc4)o3)c(=O)n2[C@H]1c1cc(OC)c(OCC)cc1Br. The van der Waals surface area contributed by atoms with Crippen LogP contribution in [0.1, 0.15) is 38.1 Å². The molecule has 0 amide bonds. The van der Waals surface area contributed by atoms with E-state index in [0.29, 0.717) is 54.0 Å². The van der Waals surface area contributed by atoms with Crippen LogP contribution in [0, 0.1) is 0 Å². The monoisotopic (exact) mass is 654 g/mol. The van der Waals surface area contributed by atoms with Crippen molar-refractivity contribution in [1.29, 1.82) is 0 Å². The number of carbonyl (C=O) groups is 1. The second-order valence-electron chi connectivity index (χ2n) is 8.83. The van der Waals surface area contributed by atoms with Gasteiger partial charge in [-0.3, -0.25) is 9.36 Å². The molecule has 0 saturated carbocycles. The first-order valence-electron chi connectivity index (χ1n) is 12.9. The number of hydrogen-bond donors (Lipinski definition) is 0. The predicted molar refractivity (Wildman–Crippen MR) is 162 cm³/mol. The van der Waals surface area contributed by atoms with Gasteiger partial charge in [-0.2, -0.15) is 0 Å². The number of allylic oxidation sites excluding steroid dienone is 1. The van der Waals surface area contributed by atoms with Crippen LogP contribution < -0.4 is 24.4 Å². The normalized spacial score (nSPS) is 15.0. The third-order valence-corrected chi connectivity index (χ3v) is 8.83. The van der Waals surface area contributed by atoms with E-state index < -0.39 is 12.0 Å². The largest absolute Gasteiger partial charge is 0.493 e. The van der Waals surface area contributed by atoms with Crippen LogP contribution in [0.5, 0.6) is 11.5 Å². The Hall–Kier alpha value is -3.54. The summed E-state index contributed by atoms with van der Waals surface area (Å²) in [6, 6.07) is 16.3. The molecule has 0 bridgehead atoms. The Morgan fingerprint density at radius 3 is 2.63 bits per heavy atom. The van der Waals surface area contributed by atoms with Gasteiger partial charge in [0, 0.05) is 15.4 Å². The molecule has 1 aliphatic rings. The Kier molecular flexibility index (Phi) is 8.86. The molecular weight excluding hydrogens is 628 g/mol. The third kappa shape index (κ3) is 5.93. The molecule has 1 aliphatic heterocycles. The van der Waals surface area contributed by atoms with Gasteiger partial charge in [-0.05, 0) is 62.7 Å². The molecule has 0 N–H and O–H groups in total. The van der Waals surface area contributed by atoms with Gasteiger partial charge in [0.25, 0.3) is 5.56 Å². The highest BCUT2D eigenvalue weighted by Crippen LogP contribution is 2.41. The van der Waals surface area contributed by atoms with Crippen molar-refractivity contribution in [2.24, 2.45) is 4.99 Å². The summed E-state index contributed by atoms with van der Waals surface area (Å²) in [5, 5.41) is 0.707. The van der Waals surface area contributed by atoms with E-state index in [4.69, 9.17) is 18.6 Å². The van der Waals surface area contributed by atoms with Crippen molar-refractivity contribution in [2.75, 3.05) is 20.3 Å². The minimum absolute atomic E-state index is 0.183. The van der Waals surface area contributed by atoms with Crippen LogP contribution in [0.4, 0.5) is 0 Å². The molecule has 0 spiro atoms.